The number of likely N-dealkylation sites (tertiary alicyclic amines) is 1. The zero-order valence-electron chi connectivity index (χ0n) is 11.2. The van der Waals surface area contributed by atoms with Gasteiger partial charge in [-0.3, -0.25) is 9.58 Å². The highest BCUT2D eigenvalue weighted by molar-refractivity contribution is 5.04. The number of nitrogens with one attached hydrogen (secondary N) is 1. The Morgan fingerprint density at radius 2 is 2.35 bits per heavy atom. The van der Waals surface area contributed by atoms with Crippen LogP contribution >= 0.6 is 0 Å². The summed E-state index contributed by atoms with van der Waals surface area (Å²) in [7, 11) is 1.97. The maximum absolute atomic E-state index is 4.18. The standard InChI is InChI=1S/C13H24N4/c1-11(2)17-7-5-13(10-17)14-6-4-12-8-15-16(3)9-12/h8-9,11,13-14H,4-7,10H2,1-3H3. The highest BCUT2D eigenvalue weighted by Crippen LogP contribution is 2.12. The van der Waals surface area contributed by atoms with Crippen LogP contribution in [0.4, 0.5) is 0 Å². The molecule has 1 aliphatic heterocycles. The Morgan fingerprint density at radius 1 is 1.53 bits per heavy atom. The van der Waals surface area contributed by atoms with E-state index in [0.717, 1.165) is 13.0 Å². The molecular weight excluding hydrogens is 212 g/mol. The fourth-order valence-electron chi connectivity index (χ4n) is 2.44. The van der Waals surface area contributed by atoms with Crippen LogP contribution < -0.4 is 5.32 Å². The van der Waals surface area contributed by atoms with Gasteiger partial charge in [0.15, 0.2) is 0 Å². The summed E-state index contributed by atoms with van der Waals surface area (Å²) < 4.78 is 1.87. The van der Waals surface area contributed by atoms with Gasteiger partial charge in [0.1, 0.15) is 0 Å². The first-order valence-electron chi connectivity index (χ1n) is 6.60. The molecule has 0 radical (unpaired) electrons. The quantitative estimate of drug-likeness (QED) is 0.829. The molecule has 96 valence electrons. The summed E-state index contributed by atoms with van der Waals surface area (Å²) in [6, 6.07) is 1.36. The first kappa shape index (κ1) is 12.6. The van der Waals surface area contributed by atoms with Gasteiger partial charge in [-0.25, -0.2) is 0 Å². The summed E-state index contributed by atoms with van der Waals surface area (Å²) in [5, 5.41) is 7.83. The maximum atomic E-state index is 4.18. The number of hydrogen-bond donors (Lipinski definition) is 1. The molecule has 0 aromatic carbocycles. The van der Waals surface area contributed by atoms with Crippen LogP contribution in [0.25, 0.3) is 0 Å². The van der Waals surface area contributed by atoms with Gasteiger partial charge in [0, 0.05) is 31.9 Å². The summed E-state index contributed by atoms with van der Waals surface area (Å²) in [4.78, 5) is 2.54. The monoisotopic (exact) mass is 236 g/mol. The van der Waals surface area contributed by atoms with E-state index in [0.29, 0.717) is 12.1 Å². The van der Waals surface area contributed by atoms with Gasteiger partial charge in [-0.05, 0) is 45.3 Å². The Kier molecular flexibility index (Phi) is 4.18. The zero-order chi connectivity index (χ0) is 12.3. The molecule has 1 aromatic heterocycles. The molecule has 4 nitrogen and oxygen atoms in total. The number of hydrogen-bond acceptors (Lipinski definition) is 3. The van der Waals surface area contributed by atoms with E-state index in [1.54, 1.807) is 0 Å². The summed E-state index contributed by atoms with van der Waals surface area (Å²) in [6.07, 6.45) is 6.41. The third-order valence-electron chi connectivity index (χ3n) is 3.56. The Balaban J connectivity index is 1.66. The molecule has 0 spiro atoms. The Hall–Kier alpha value is -0.870. The first-order chi connectivity index (χ1) is 8.15. The summed E-state index contributed by atoms with van der Waals surface area (Å²) in [6.45, 7) is 8.05. The summed E-state index contributed by atoms with van der Waals surface area (Å²) in [5.74, 6) is 0. The van der Waals surface area contributed by atoms with Crippen molar-refractivity contribution < 1.29 is 0 Å². The third kappa shape index (κ3) is 3.54. The van der Waals surface area contributed by atoms with Gasteiger partial charge in [-0.1, -0.05) is 0 Å². The van der Waals surface area contributed by atoms with E-state index in [-0.39, 0.29) is 0 Å². The zero-order valence-corrected chi connectivity index (χ0v) is 11.2. The molecule has 2 heterocycles. The molecule has 0 saturated carbocycles. The minimum Gasteiger partial charge on any atom is -0.312 e. The molecule has 1 N–H and O–H groups in total. The van der Waals surface area contributed by atoms with Gasteiger partial charge in [-0.15, -0.1) is 0 Å². The van der Waals surface area contributed by atoms with Crippen LogP contribution in [-0.4, -0.2) is 46.4 Å². The van der Waals surface area contributed by atoms with Crippen molar-refractivity contribution in [2.75, 3.05) is 19.6 Å². The second-order valence-electron chi connectivity index (χ2n) is 5.30. The largest absolute Gasteiger partial charge is 0.312 e. The maximum Gasteiger partial charge on any atom is 0.0522 e. The second-order valence-corrected chi connectivity index (χ2v) is 5.30. The predicted molar refractivity (Wildman–Crippen MR) is 70.0 cm³/mol. The van der Waals surface area contributed by atoms with Crippen LogP contribution in [0, 0.1) is 0 Å². The van der Waals surface area contributed by atoms with Crippen molar-refractivity contribution in [3.05, 3.63) is 18.0 Å². The Labute approximate surface area is 104 Å². The van der Waals surface area contributed by atoms with Crippen LogP contribution in [0.2, 0.25) is 0 Å². The molecule has 1 aromatic rings. The molecule has 1 fully saturated rings. The normalized spacial score (nSPS) is 21.5. The molecule has 0 aliphatic carbocycles. The minimum absolute atomic E-state index is 0.675. The van der Waals surface area contributed by atoms with Crippen molar-refractivity contribution >= 4 is 0 Å². The van der Waals surface area contributed by atoms with Crippen LogP contribution in [0.3, 0.4) is 0 Å². The van der Waals surface area contributed by atoms with Crippen LogP contribution in [-0.2, 0) is 13.5 Å². The van der Waals surface area contributed by atoms with E-state index in [9.17, 15) is 0 Å². The van der Waals surface area contributed by atoms with Crippen LogP contribution in [0.15, 0.2) is 12.4 Å². The van der Waals surface area contributed by atoms with Crippen molar-refractivity contribution in [3.63, 3.8) is 0 Å². The summed E-state index contributed by atoms with van der Waals surface area (Å²) >= 11 is 0. The van der Waals surface area contributed by atoms with E-state index in [1.165, 1.54) is 25.1 Å². The van der Waals surface area contributed by atoms with Gasteiger partial charge in [0.25, 0.3) is 0 Å². The molecule has 1 saturated heterocycles. The fourth-order valence-corrected chi connectivity index (χ4v) is 2.44. The number of nitrogens with zero attached hydrogens (tertiary/aromatic N) is 3. The lowest BCUT2D eigenvalue weighted by atomic mass is 10.2. The Bertz CT molecular complexity index is 345. The van der Waals surface area contributed by atoms with Crippen molar-refractivity contribution in [1.29, 1.82) is 0 Å². The number of rotatable bonds is 5. The minimum atomic E-state index is 0.675. The lowest BCUT2D eigenvalue weighted by molar-refractivity contribution is 0.268. The highest BCUT2D eigenvalue weighted by atomic mass is 15.2. The predicted octanol–water partition coefficient (Wildman–Crippen LogP) is 1.03. The van der Waals surface area contributed by atoms with E-state index in [1.807, 2.05) is 17.9 Å². The third-order valence-corrected chi connectivity index (χ3v) is 3.56. The molecule has 17 heavy (non-hydrogen) atoms. The van der Waals surface area contributed by atoms with E-state index in [4.69, 9.17) is 0 Å². The lowest BCUT2D eigenvalue weighted by Crippen LogP contribution is -2.36. The van der Waals surface area contributed by atoms with E-state index in [2.05, 4.69) is 35.4 Å². The lowest BCUT2D eigenvalue weighted by Gasteiger charge is -2.20. The molecule has 0 bridgehead atoms. The van der Waals surface area contributed by atoms with E-state index >= 15 is 0 Å². The molecular formula is C13H24N4. The first-order valence-corrected chi connectivity index (χ1v) is 6.60. The van der Waals surface area contributed by atoms with Crippen LogP contribution in [0.1, 0.15) is 25.8 Å². The van der Waals surface area contributed by atoms with Crippen molar-refractivity contribution in [2.24, 2.45) is 7.05 Å². The average Bonchev–Trinajstić information content (AvgIpc) is 2.88. The molecule has 4 heteroatoms. The number of aryl methyl sites for hydroxylation is 1. The molecule has 1 unspecified atom stereocenters. The average molecular weight is 236 g/mol. The topological polar surface area (TPSA) is 33.1 Å². The van der Waals surface area contributed by atoms with Crippen molar-refractivity contribution in [2.45, 2.75) is 38.8 Å². The van der Waals surface area contributed by atoms with Gasteiger partial charge in [-0.2, -0.15) is 5.10 Å². The molecule has 0 amide bonds. The highest BCUT2D eigenvalue weighted by Gasteiger charge is 2.23. The van der Waals surface area contributed by atoms with Crippen LogP contribution in [0.5, 0.6) is 0 Å². The van der Waals surface area contributed by atoms with Gasteiger partial charge < -0.3 is 5.32 Å². The molecule has 1 aliphatic rings. The van der Waals surface area contributed by atoms with E-state index < -0.39 is 0 Å². The van der Waals surface area contributed by atoms with Gasteiger partial charge in [0.2, 0.25) is 0 Å². The SMILES string of the molecule is CC(C)N1CCC(NCCc2cnn(C)c2)C1. The summed E-state index contributed by atoms with van der Waals surface area (Å²) in [5.41, 5.74) is 1.32. The Morgan fingerprint density at radius 3 is 2.94 bits per heavy atom. The smallest absolute Gasteiger partial charge is 0.0522 e. The fraction of sp³-hybridized carbons (Fsp3) is 0.769. The molecule has 1 atom stereocenters. The van der Waals surface area contributed by atoms with Crippen molar-refractivity contribution in [1.82, 2.24) is 20.0 Å². The van der Waals surface area contributed by atoms with Gasteiger partial charge in [0.05, 0.1) is 6.20 Å². The molecule has 2 rings (SSSR count). The van der Waals surface area contributed by atoms with Crippen molar-refractivity contribution in [3.8, 4) is 0 Å². The second kappa shape index (κ2) is 5.65. The van der Waals surface area contributed by atoms with Gasteiger partial charge >= 0.3 is 0 Å². The number of aromatic nitrogens is 2.